The molecule has 0 unspecified atom stereocenters. The van der Waals surface area contributed by atoms with Crippen LogP contribution in [0, 0.1) is 11.8 Å². The van der Waals surface area contributed by atoms with Crippen molar-refractivity contribution in [1.82, 2.24) is 0 Å². The van der Waals surface area contributed by atoms with Crippen molar-refractivity contribution in [3.05, 3.63) is 0 Å². The molecule has 0 fully saturated rings. The Labute approximate surface area is 217 Å². The fourth-order valence-corrected chi connectivity index (χ4v) is 4.19. The van der Waals surface area contributed by atoms with Crippen LogP contribution in [0.15, 0.2) is 0 Å². The van der Waals surface area contributed by atoms with Crippen LogP contribution in [0.25, 0.3) is 0 Å². The number of esters is 2. The molecule has 0 aromatic heterocycles. The number of aliphatic carboxylic acids is 2. The van der Waals surface area contributed by atoms with Crippen molar-refractivity contribution in [2.45, 2.75) is 129 Å². The molecular formula is C28H50O8. The number of hydrogen-bond acceptors (Lipinski definition) is 6. The summed E-state index contributed by atoms with van der Waals surface area (Å²) in [5, 5.41) is 18.5. The van der Waals surface area contributed by atoms with E-state index in [9.17, 15) is 29.4 Å². The van der Waals surface area contributed by atoms with E-state index in [2.05, 4.69) is 13.8 Å². The van der Waals surface area contributed by atoms with Crippen LogP contribution in [0.5, 0.6) is 0 Å². The second kappa shape index (κ2) is 23.3. The van der Waals surface area contributed by atoms with Gasteiger partial charge in [-0.2, -0.15) is 0 Å². The third kappa shape index (κ3) is 19.1. The van der Waals surface area contributed by atoms with E-state index in [4.69, 9.17) is 9.47 Å². The van der Waals surface area contributed by atoms with Gasteiger partial charge in [-0.05, 0) is 12.8 Å². The fraction of sp³-hybridized carbons (Fsp3) is 0.857. The largest absolute Gasteiger partial charge is 0.481 e. The number of unbranched alkanes of at least 4 members (excludes halogenated alkanes) is 14. The highest BCUT2D eigenvalue weighted by atomic mass is 16.5. The highest BCUT2D eigenvalue weighted by molar-refractivity contribution is 5.88. The number of carbonyl (C=O) groups excluding carboxylic acids is 2. The third-order valence-corrected chi connectivity index (χ3v) is 6.36. The number of carbonyl (C=O) groups is 4. The highest BCUT2D eigenvalue weighted by Crippen LogP contribution is 2.24. The van der Waals surface area contributed by atoms with Crippen molar-refractivity contribution < 1.29 is 38.9 Å². The lowest BCUT2D eigenvalue weighted by molar-refractivity contribution is -0.166. The van der Waals surface area contributed by atoms with Gasteiger partial charge in [0.05, 0.1) is 37.9 Å². The molecular weight excluding hydrogens is 464 g/mol. The quantitative estimate of drug-likeness (QED) is 0.104. The van der Waals surface area contributed by atoms with E-state index in [-0.39, 0.29) is 13.2 Å². The van der Waals surface area contributed by atoms with E-state index in [0.717, 1.165) is 38.5 Å². The van der Waals surface area contributed by atoms with Gasteiger partial charge in [0.15, 0.2) is 0 Å². The zero-order chi connectivity index (χ0) is 27.0. The van der Waals surface area contributed by atoms with Crippen molar-refractivity contribution in [1.29, 1.82) is 0 Å². The molecule has 0 aliphatic heterocycles. The third-order valence-electron chi connectivity index (χ3n) is 6.36. The molecule has 8 nitrogen and oxygen atoms in total. The maximum atomic E-state index is 12.7. The summed E-state index contributed by atoms with van der Waals surface area (Å²) in [5.74, 6) is -7.07. The summed E-state index contributed by atoms with van der Waals surface area (Å²) < 4.78 is 10.5. The fourth-order valence-electron chi connectivity index (χ4n) is 4.19. The average molecular weight is 515 g/mol. The molecule has 0 amide bonds. The lowest BCUT2D eigenvalue weighted by Gasteiger charge is -2.22. The van der Waals surface area contributed by atoms with Crippen LogP contribution in [0.2, 0.25) is 0 Å². The van der Waals surface area contributed by atoms with Crippen LogP contribution in [-0.2, 0) is 28.7 Å². The van der Waals surface area contributed by atoms with Crippen LogP contribution in [0.4, 0.5) is 0 Å². The summed E-state index contributed by atoms with van der Waals surface area (Å²) in [6.45, 7) is 4.59. The van der Waals surface area contributed by atoms with Gasteiger partial charge in [0, 0.05) is 0 Å². The summed E-state index contributed by atoms with van der Waals surface area (Å²) in [6, 6.07) is 0. The van der Waals surface area contributed by atoms with Crippen LogP contribution in [-0.4, -0.2) is 47.3 Å². The SMILES string of the molecule is CCCCCCCCCCOC(=O)[C@@H](CC(=O)O)[C@@H](CC(=O)O)C(=O)OCCCCCCCCCC. The summed E-state index contributed by atoms with van der Waals surface area (Å²) >= 11 is 0. The molecule has 2 N–H and O–H groups in total. The summed E-state index contributed by atoms with van der Waals surface area (Å²) in [7, 11) is 0. The number of carboxylic acid groups (broad SMARTS) is 2. The van der Waals surface area contributed by atoms with Crippen molar-refractivity contribution in [2.75, 3.05) is 13.2 Å². The lowest BCUT2D eigenvalue weighted by atomic mass is 9.86. The van der Waals surface area contributed by atoms with Gasteiger partial charge >= 0.3 is 23.9 Å². The summed E-state index contributed by atoms with van der Waals surface area (Å²) in [6.07, 6.45) is 15.7. The average Bonchev–Trinajstić information content (AvgIpc) is 2.83. The van der Waals surface area contributed by atoms with Crippen molar-refractivity contribution in [3.8, 4) is 0 Å². The second-order valence-corrected chi connectivity index (χ2v) is 9.69. The Bertz CT molecular complexity index is 552. The number of carboxylic acids is 2. The zero-order valence-electron chi connectivity index (χ0n) is 22.6. The molecule has 0 spiro atoms. The first-order chi connectivity index (χ1) is 17.3. The topological polar surface area (TPSA) is 127 Å². The standard InChI is InChI=1S/C28H50O8/c1-3-5-7-9-11-13-15-17-19-35-27(33)23(21-25(29)30)24(22-26(31)32)28(34)36-20-18-16-14-12-10-8-6-4-2/h23-24H,3-22H2,1-2H3,(H,29,30)(H,31,32)/t23-,24+. The van der Waals surface area contributed by atoms with Crippen LogP contribution in [0.1, 0.15) is 129 Å². The Balaban J connectivity index is 4.61. The van der Waals surface area contributed by atoms with Gasteiger partial charge in [-0.1, -0.05) is 104 Å². The molecule has 2 atom stereocenters. The van der Waals surface area contributed by atoms with Gasteiger partial charge in [-0.3, -0.25) is 19.2 Å². The minimum Gasteiger partial charge on any atom is -0.481 e. The molecule has 0 aromatic rings. The lowest BCUT2D eigenvalue weighted by Crippen LogP contribution is -2.36. The first-order valence-corrected chi connectivity index (χ1v) is 14.1. The molecule has 0 aromatic carbocycles. The Morgan fingerprint density at radius 1 is 0.500 bits per heavy atom. The van der Waals surface area contributed by atoms with E-state index in [1.54, 1.807) is 0 Å². The molecule has 0 saturated carbocycles. The van der Waals surface area contributed by atoms with Gasteiger partial charge < -0.3 is 19.7 Å². The highest BCUT2D eigenvalue weighted by Gasteiger charge is 2.39. The summed E-state index contributed by atoms with van der Waals surface area (Å²) in [4.78, 5) is 48.0. The Hall–Kier alpha value is -2.12. The molecule has 0 bridgehead atoms. The number of ether oxygens (including phenoxy) is 2. The van der Waals surface area contributed by atoms with Crippen LogP contribution >= 0.6 is 0 Å². The predicted octanol–water partition coefficient (Wildman–Crippen LogP) is 6.54. The van der Waals surface area contributed by atoms with Crippen molar-refractivity contribution in [2.24, 2.45) is 11.8 Å². The van der Waals surface area contributed by atoms with Gasteiger partial charge in [0.2, 0.25) is 0 Å². The zero-order valence-corrected chi connectivity index (χ0v) is 22.6. The monoisotopic (exact) mass is 514 g/mol. The minimum absolute atomic E-state index is 0.122. The maximum Gasteiger partial charge on any atom is 0.310 e. The van der Waals surface area contributed by atoms with Gasteiger partial charge in [0.1, 0.15) is 0 Å². The Morgan fingerprint density at radius 2 is 0.778 bits per heavy atom. The predicted molar refractivity (Wildman–Crippen MR) is 139 cm³/mol. The molecule has 36 heavy (non-hydrogen) atoms. The van der Waals surface area contributed by atoms with E-state index in [0.29, 0.717) is 12.8 Å². The Kier molecular flexibility index (Phi) is 21.9. The second-order valence-electron chi connectivity index (χ2n) is 9.69. The number of rotatable bonds is 25. The molecule has 0 radical (unpaired) electrons. The van der Waals surface area contributed by atoms with Gasteiger partial charge in [0.25, 0.3) is 0 Å². The molecule has 0 saturated heterocycles. The smallest absolute Gasteiger partial charge is 0.310 e. The summed E-state index contributed by atoms with van der Waals surface area (Å²) in [5.41, 5.74) is 0. The van der Waals surface area contributed by atoms with Gasteiger partial charge in [-0.15, -0.1) is 0 Å². The normalized spacial score (nSPS) is 12.6. The van der Waals surface area contributed by atoms with Gasteiger partial charge in [-0.25, -0.2) is 0 Å². The first kappa shape index (κ1) is 33.9. The van der Waals surface area contributed by atoms with E-state index in [1.807, 2.05) is 0 Å². The Morgan fingerprint density at radius 3 is 1.06 bits per heavy atom. The molecule has 210 valence electrons. The maximum absolute atomic E-state index is 12.7. The minimum atomic E-state index is -1.39. The van der Waals surface area contributed by atoms with E-state index >= 15 is 0 Å². The molecule has 0 aliphatic carbocycles. The van der Waals surface area contributed by atoms with E-state index in [1.165, 1.54) is 51.4 Å². The van der Waals surface area contributed by atoms with Crippen molar-refractivity contribution in [3.63, 3.8) is 0 Å². The molecule has 0 heterocycles. The van der Waals surface area contributed by atoms with Crippen LogP contribution in [0.3, 0.4) is 0 Å². The van der Waals surface area contributed by atoms with Crippen molar-refractivity contribution >= 4 is 23.9 Å². The molecule has 8 heteroatoms. The molecule has 0 aliphatic rings. The molecule has 0 rings (SSSR count). The van der Waals surface area contributed by atoms with E-state index < -0.39 is 48.6 Å². The number of hydrogen-bond donors (Lipinski definition) is 2. The van der Waals surface area contributed by atoms with Crippen LogP contribution < -0.4 is 0 Å². The first-order valence-electron chi connectivity index (χ1n) is 14.1.